The largest absolute Gasteiger partial charge is 0.396 e. The Morgan fingerprint density at radius 1 is 1.56 bits per heavy atom. The second-order valence-corrected chi connectivity index (χ2v) is 5.15. The van der Waals surface area contributed by atoms with E-state index in [0.29, 0.717) is 25.6 Å². The Balaban J connectivity index is 1.81. The van der Waals surface area contributed by atoms with Gasteiger partial charge in [0.05, 0.1) is 5.69 Å². The molecule has 1 atom stereocenters. The number of nitrogens with one attached hydrogen (secondary N) is 1. The number of aryl methyl sites for hydroxylation is 1. The SMILES string of the molecule is C[C@H](NCc1cn(CCCO)nn1)c1cccs1. The minimum atomic E-state index is 0.183. The summed E-state index contributed by atoms with van der Waals surface area (Å²) in [4.78, 5) is 1.32. The predicted octanol–water partition coefficient (Wildman–Crippen LogP) is 1.57. The van der Waals surface area contributed by atoms with Crippen LogP contribution >= 0.6 is 11.3 Å². The van der Waals surface area contributed by atoms with Crippen molar-refractivity contribution < 1.29 is 5.11 Å². The van der Waals surface area contributed by atoms with Gasteiger partial charge in [-0.05, 0) is 24.8 Å². The van der Waals surface area contributed by atoms with Gasteiger partial charge in [0, 0.05) is 36.8 Å². The molecule has 2 heterocycles. The van der Waals surface area contributed by atoms with Gasteiger partial charge in [-0.1, -0.05) is 11.3 Å². The molecule has 2 N–H and O–H groups in total. The first kappa shape index (κ1) is 13.2. The Bertz CT molecular complexity index is 454. The molecular weight excluding hydrogens is 248 g/mol. The van der Waals surface area contributed by atoms with E-state index in [0.717, 1.165) is 5.69 Å². The van der Waals surface area contributed by atoms with Crippen molar-refractivity contribution in [3.05, 3.63) is 34.3 Å². The lowest BCUT2D eigenvalue weighted by Crippen LogP contribution is -2.17. The summed E-state index contributed by atoms with van der Waals surface area (Å²) in [5, 5.41) is 22.3. The smallest absolute Gasteiger partial charge is 0.0965 e. The van der Waals surface area contributed by atoms with Crippen molar-refractivity contribution in [2.45, 2.75) is 32.5 Å². The molecule has 0 aromatic carbocycles. The predicted molar refractivity (Wildman–Crippen MR) is 71.3 cm³/mol. The number of hydrogen-bond donors (Lipinski definition) is 2. The molecule has 18 heavy (non-hydrogen) atoms. The molecule has 0 fully saturated rings. The number of thiophene rings is 1. The van der Waals surface area contributed by atoms with Crippen LogP contribution in [-0.4, -0.2) is 26.7 Å². The average Bonchev–Trinajstić information content (AvgIpc) is 3.04. The quantitative estimate of drug-likeness (QED) is 0.798. The van der Waals surface area contributed by atoms with Crippen LogP contribution in [0.15, 0.2) is 23.7 Å². The van der Waals surface area contributed by atoms with E-state index < -0.39 is 0 Å². The topological polar surface area (TPSA) is 63.0 Å². The molecule has 98 valence electrons. The van der Waals surface area contributed by atoms with E-state index in [4.69, 9.17) is 5.11 Å². The van der Waals surface area contributed by atoms with Crippen LogP contribution in [0, 0.1) is 0 Å². The summed E-state index contributed by atoms with van der Waals surface area (Å²) in [6.07, 6.45) is 2.63. The molecule has 0 aliphatic heterocycles. The molecule has 6 heteroatoms. The molecule has 0 bridgehead atoms. The van der Waals surface area contributed by atoms with Gasteiger partial charge in [-0.25, -0.2) is 0 Å². The van der Waals surface area contributed by atoms with E-state index in [9.17, 15) is 0 Å². The highest BCUT2D eigenvalue weighted by atomic mass is 32.1. The van der Waals surface area contributed by atoms with E-state index in [1.165, 1.54) is 4.88 Å². The van der Waals surface area contributed by atoms with Crippen LogP contribution in [0.5, 0.6) is 0 Å². The summed E-state index contributed by atoms with van der Waals surface area (Å²) in [6, 6.07) is 4.51. The standard InChI is InChI=1S/C12H18N4OS/c1-10(12-4-2-7-18-12)13-8-11-9-16(15-14-11)5-3-6-17/h2,4,7,9-10,13,17H,3,5-6,8H2,1H3/t10-/m0/s1. The van der Waals surface area contributed by atoms with Gasteiger partial charge in [0.2, 0.25) is 0 Å². The van der Waals surface area contributed by atoms with Crippen molar-refractivity contribution in [2.24, 2.45) is 0 Å². The number of hydrogen-bond acceptors (Lipinski definition) is 5. The van der Waals surface area contributed by atoms with Crippen molar-refractivity contribution in [1.29, 1.82) is 0 Å². The molecule has 0 aliphatic rings. The van der Waals surface area contributed by atoms with Crippen LogP contribution < -0.4 is 5.32 Å². The van der Waals surface area contributed by atoms with Crippen LogP contribution in [0.4, 0.5) is 0 Å². The first-order valence-corrected chi connectivity index (χ1v) is 6.94. The molecule has 0 saturated carbocycles. The Kier molecular flexibility index (Phi) is 4.86. The van der Waals surface area contributed by atoms with Gasteiger partial charge in [-0.3, -0.25) is 4.68 Å². The van der Waals surface area contributed by atoms with Crippen LogP contribution in [0.3, 0.4) is 0 Å². The Hall–Kier alpha value is -1.24. The van der Waals surface area contributed by atoms with Gasteiger partial charge in [0.15, 0.2) is 0 Å². The number of nitrogens with zero attached hydrogens (tertiary/aromatic N) is 3. The zero-order chi connectivity index (χ0) is 12.8. The number of aliphatic hydroxyl groups excluding tert-OH is 1. The average molecular weight is 266 g/mol. The first-order valence-electron chi connectivity index (χ1n) is 6.06. The second-order valence-electron chi connectivity index (χ2n) is 4.17. The highest BCUT2D eigenvalue weighted by Crippen LogP contribution is 2.18. The van der Waals surface area contributed by atoms with E-state index >= 15 is 0 Å². The van der Waals surface area contributed by atoms with E-state index in [1.54, 1.807) is 16.0 Å². The summed E-state index contributed by atoms with van der Waals surface area (Å²) in [6.45, 7) is 3.74. The van der Waals surface area contributed by atoms with Crippen molar-refractivity contribution in [3.8, 4) is 0 Å². The zero-order valence-electron chi connectivity index (χ0n) is 10.4. The monoisotopic (exact) mass is 266 g/mol. The molecule has 0 saturated heterocycles. The van der Waals surface area contributed by atoms with Crippen LogP contribution in [-0.2, 0) is 13.1 Å². The Morgan fingerprint density at radius 2 is 2.44 bits per heavy atom. The molecule has 0 spiro atoms. The third-order valence-electron chi connectivity index (χ3n) is 2.69. The molecule has 0 amide bonds. The molecular formula is C12H18N4OS. The maximum atomic E-state index is 8.74. The summed E-state index contributed by atoms with van der Waals surface area (Å²) >= 11 is 1.75. The summed E-state index contributed by atoms with van der Waals surface area (Å²) < 4.78 is 1.77. The van der Waals surface area contributed by atoms with Crippen LogP contribution in [0.2, 0.25) is 0 Å². The molecule has 0 radical (unpaired) electrons. The van der Waals surface area contributed by atoms with Gasteiger partial charge in [-0.2, -0.15) is 0 Å². The summed E-state index contributed by atoms with van der Waals surface area (Å²) in [7, 11) is 0. The summed E-state index contributed by atoms with van der Waals surface area (Å²) in [5.74, 6) is 0. The minimum absolute atomic E-state index is 0.183. The molecule has 5 nitrogen and oxygen atoms in total. The highest BCUT2D eigenvalue weighted by Gasteiger charge is 2.07. The van der Waals surface area contributed by atoms with Gasteiger partial charge in [0.25, 0.3) is 0 Å². The Morgan fingerprint density at radius 3 is 3.17 bits per heavy atom. The lowest BCUT2D eigenvalue weighted by atomic mass is 10.2. The minimum Gasteiger partial charge on any atom is -0.396 e. The lowest BCUT2D eigenvalue weighted by molar-refractivity contribution is 0.276. The zero-order valence-corrected chi connectivity index (χ0v) is 11.2. The molecule has 0 aliphatic carbocycles. The van der Waals surface area contributed by atoms with Crippen molar-refractivity contribution in [1.82, 2.24) is 20.3 Å². The molecule has 2 aromatic rings. The molecule has 2 aromatic heterocycles. The number of aliphatic hydroxyl groups is 1. The van der Waals surface area contributed by atoms with E-state index in [2.05, 4.69) is 40.1 Å². The van der Waals surface area contributed by atoms with Crippen molar-refractivity contribution in [2.75, 3.05) is 6.61 Å². The maximum absolute atomic E-state index is 8.74. The van der Waals surface area contributed by atoms with Crippen LogP contribution in [0.25, 0.3) is 0 Å². The third kappa shape index (κ3) is 3.63. The third-order valence-corrected chi connectivity index (χ3v) is 3.75. The highest BCUT2D eigenvalue weighted by molar-refractivity contribution is 7.10. The maximum Gasteiger partial charge on any atom is 0.0965 e. The van der Waals surface area contributed by atoms with Gasteiger partial charge < -0.3 is 10.4 Å². The fourth-order valence-corrected chi connectivity index (χ4v) is 2.42. The van der Waals surface area contributed by atoms with Crippen LogP contribution in [0.1, 0.15) is 30.0 Å². The lowest BCUT2D eigenvalue weighted by Gasteiger charge is -2.09. The van der Waals surface area contributed by atoms with E-state index in [-0.39, 0.29) is 6.61 Å². The fourth-order valence-electron chi connectivity index (χ4n) is 1.66. The second kappa shape index (κ2) is 6.63. The Labute approximate surface area is 110 Å². The van der Waals surface area contributed by atoms with Crippen molar-refractivity contribution in [3.63, 3.8) is 0 Å². The van der Waals surface area contributed by atoms with Gasteiger partial charge in [-0.15, -0.1) is 16.4 Å². The molecule has 2 rings (SSSR count). The fraction of sp³-hybridized carbons (Fsp3) is 0.500. The van der Waals surface area contributed by atoms with Gasteiger partial charge >= 0.3 is 0 Å². The van der Waals surface area contributed by atoms with Gasteiger partial charge in [0.1, 0.15) is 0 Å². The number of rotatable bonds is 7. The molecule has 0 unspecified atom stereocenters. The summed E-state index contributed by atoms with van der Waals surface area (Å²) in [5.41, 5.74) is 0.927. The van der Waals surface area contributed by atoms with E-state index in [1.807, 2.05) is 6.20 Å². The van der Waals surface area contributed by atoms with Crippen molar-refractivity contribution >= 4 is 11.3 Å². The first-order chi connectivity index (χ1) is 8.79. The normalized spacial score (nSPS) is 12.8. The number of aromatic nitrogens is 3.